The van der Waals surface area contributed by atoms with E-state index in [1.54, 1.807) is 24.5 Å². The molecule has 16 heavy (non-hydrogen) atoms. The number of halogens is 1. The van der Waals surface area contributed by atoms with E-state index in [1.165, 1.54) is 11.3 Å². The van der Waals surface area contributed by atoms with Crippen LogP contribution in [0.3, 0.4) is 0 Å². The summed E-state index contributed by atoms with van der Waals surface area (Å²) in [5.41, 5.74) is 1.08. The van der Waals surface area contributed by atoms with E-state index in [-0.39, 0.29) is 5.78 Å². The van der Waals surface area contributed by atoms with Crippen molar-refractivity contribution in [2.24, 2.45) is 0 Å². The van der Waals surface area contributed by atoms with Crippen LogP contribution in [0, 0.1) is 0 Å². The van der Waals surface area contributed by atoms with Crippen LogP contribution in [0.25, 0.3) is 0 Å². The van der Waals surface area contributed by atoms with E-state index in [1.807, 2.05) is 12.1 Å². The summed E-state index contributed by atoms with van der Waals surface area (Å²) in [6, 6.07) is 7.38. The third-order valence-corrected chi connectivity index (χ3v) is 3.48. The lowest BCUT2D eigenvalue weighted by molar-refractivity contribution is 0.0986. The number of carbonyl (C=O) groups is 1. The summed E-state index contributed by atoms with van der Waals surface area (Å²) in [6.07, 6.45) is 4.74. The molecule has 2 heterocycles. The predicted octanol–water partition coefficient (Wildman–Crippen LogP) is 3.61. The second-order valence-electron chi connectivity index (χ2n) is 3.39. The van der Waals surface area contributed by atoms with E-state index in [0.29, 0.717) is 10.8 Å². The topological polar surface area (TPSA) is 30.0 Å². The predicted molar refractivity (Wildman–Crippen MR) is 66.2 cm³/mol. The van der Waals surface area contributed by atoms with E-state index in [0.717, 1.165) is 16.9 Å². The summed E-state index contributed by atoms with van der Waals surface area (Å²) in [5.74, 6) is 0.140. The zero-order chi connectivity index (χ0) is 11.4. The van der Waals surface area contributed by atoms with Gasteiger partial charge in [-0.25, -0.2) is 0 Å². The molecular weight excluding hydrogens is 242 g/mol. The molecule has 0 aliphatic rings. The van der Waals surface area contributed by atoms with Crippen molar-refractivity contribution >= 4 is 28.7 Å². The Bertz CT molecular complexity index is 481. The van der Waals surface area contributed by atoms with Crippen molar-refractivity contribution in [3.05, 3.63) is 51.4 Å². The number of nitrogens with zero attached hydrogens (tertiary/aromatic N) is 1. The maximum Gasteiger partial charge on any atom is 0.173 e. The number of Topliss-reactive ketones (excluding diaryl/α,β-unsaturated/α-hetero) is 1. The number of rotatable bonds is 4. The van der Waals surface area contributed by atoms with Crippen molar-refractivity contribution < 1.29 is 4.79 Å². The normalized spacial score (nSPS) is 10.3. The number of carbonyl (C=O) groups excluding carboxylic acids is 1. The Labute approximate surface area is 103 Å². The fraction of sp³-hybridized carbons (Fsp3) is 0.167. The maximum absolute atomic E-state index is 11.8. The van der Waals surface area contributed by atoms with Gasteiger partial charge < -0.3 is 0 Å². The van der Waals surface area contributed by atoms with E-state index in [2.05, 4.69) is 4.98 Å². The van der Waals surface area contributed by atoms with Gasteiger partial charge in [0.15, 0.2) is 5.78 Å². The first-order valence-corrected chi connectivity index (χ1v) is 6.12. The number of thiophene rings is 1. The van der Waals surface area contributed by atoms with E-state index in [9.17, 15) is 4.79 Å². The number of aromatic nitrogens is 1. The molecule has 0 aromatic carbocycles. The molecule has 0 saturated heterocycles. The molecule has 0 spiro atoms. The molecule has 2 aromatic rings. The lowest BCUT2D eigenvalue weighted by atomic mass is 10.1. The van der Waals surface area contributed by atoms with Gasteiger partial charge in [0.2, 0.25) is 0 Å². The lowest BCUT2D eigenvalue weighted by Gasteiger charge is -1.98. The summed E-state index contributed by atoms with van der Waals surface area (Å²) in [4.78, 5) is 16.5. The van der Waals surface area contributed by atoms with Crippen LogP contribution in [0.4, 0.5) is 0 Å². The van der Waals surface area contributed by atoms with Crippen molar-refractivity contribution in [2.45, 2.75) is 12.8 Å². The van der Waals surface area contributed by atoms with Gasteiger partial charge in [-0.2, -0.15) is 0 Å². The molecule has 0 aliphatic heterocycles. The number of ketones is 1. The highest BCUT2D eigenvalue weighted by Gasteiger charge is 2.08. The molecule has 2 rings (SSSR count). The van der Waals surface area contributed by atoms with Gasteiger partial charge in [-0.1, -0.05) is 17.7 Å². The van der Waals surface area contributed by atoms with Gasteiger partial charge in [-0.3, -0.25) is 9.78 Å². The first kappa shape index (κ1) is 11.3. The highest BCUT2D eigenvalue weighted by molar-refractivity contribution is 7.18. The van der Waals surface area contributed by atoms with Crippen molar-refractivity contribution in [3.63, 3.8) is 0 Å². The van der Waals surface area contributed by atoms with Crippen LogP contribution in [0.5, 0.6) is 0 Å². The first-order chi connectivity index (χ1) is 7.75. The highest BCUT2D eigenvalue weighted by atomic mass is 35.5. The molecule has 0 N–H and O–H groups in total. The minimum Gasteiger partial charge on any atom is -0.293 e. The summed E-state index contributed by atoms with van der Waals surface area (Å²) in [6.45, 7) is 0. The number of hydrogen-bond donors (Lipinski definition) is 0. The first-order valence-electron chi connectivity index (χ1n) is 4.93. The zero-order valence-electron chi connectivity index (χ0n) is 8.52. The smallest absolute Gasteiger partial charge is 0.173 e. The van der Waals surface area contributed by atoms with Gasteiger partial charge in [-0.15, -0.1) is 11.3 Å². The molecule has 0 saturated carbocycles. The van der Waals surface area contributed by atoms with Gasteiger partial charge in [0.1, 0.15) is 0 Å². The Hall–Kier alpha value is -1.19. The van der Waals surface area contributed by atoms with Crippen LogP contribution < -0.4 is 0 Å². The van der Waals surface area contributed by atoms with Crippen molar-refractivity contribution in [3.8, 4) is 0 Å². The SMILES string of the molecule is O=C(CCc1cccnc1)c1ccc(Cl)s1. The minimum absolute atomic E-state index is 0.140. The minimum atomic E-state index is 0.140. The quantitative estimate of drug-likeness (QED) is 0.777. The van der Waals surface area contributed by atoms with Gasteiger partial charge >= 0.3 is 0 Å². The molecule has 2 nitrogen and oxygen atoms in total. The van der Waals surface area contributed by atoms with E-state index in [4.69, 9.17) is 11.6 Å². The van der Waals surface area contributed by atoms with Crippen LogP contribution >= 0.6 is 22.9 Å². The summed E-state index contributed by atoms with van der Waals surface area (Å²) < 4.78 is 0.657. The van der Waals surface area contributed by atoms with Crippen molar-refractivity contribution in [1.82, 2.24) is 4.98 Å². The summed E-state index contributed by atoms with van der Waals surface area (Å²) in [5, 5.41) is 0. The fourth-order valence-electron chi connectivity index (χ4n) is 1.39. The lowest BCUT2D eigenvalue weighted by Crippen LogP contribution is -1.98. The molecule has 0 unspecified atom stereocenters. The summed E-state index contributed by atoms with van der Waals surface area (Å²) >= 11 is 7.11. The number of aryl methyl sites for hydroxylation is 1. The second kappa shape index (κ2) is 5.23. The maximum atomic E-state index is 11.8. The van der Waals surface area contributed by atoms with Gasteiger partial charge in [0, 0.05) is 18.8 Å². The van der Waals surface area contributed by atoms with E-state index < -0.39 is 0 Å². The molecular formula is C12H10ClNOS. The molecule has 4 heteroatoms. The average Bonchev–Trinajstić information content (AvgIpc) is 2.74. The van der Waals surface area contributed by atoms with Crippen molar-refractivity contribution in [1.29, 1.82) is 0 Å². The molecule has 0 fully saturated rings. The molecule has 2 aromatic heterocycles. The van der Waals surface area contributed by atoms with Gasteiger partial charge in [0.05, 0.1) is 9.21 Å². The second-order valence-corrected chi connectivity index (χ2v) is 5.10. The molecule has 0 bridgehead atoms. The van der Waals surface area contributed by atoms with E-state index >= 15 is 0 Å². The fourth-order valence-corrected chi connectivity index (χ4v) is 2.40. The van der Waals surface area contributed by atoms with Crippen LogP contribution in [-0.2, 0) is 6.42 Å². The average molecular weight is 252 g/mol. The van der Waals surface area contributed by atoms with Crippen LogP contribution in [0.15, 0.2) is 36.7 Å². The van der Waals surface area contributed by atoms with Gasteiger partial charge in [0.25, 0.3) is 0 Å². The van der Waals surface area contributed by atoms with Crippen LogP contribution in [0.2, 0.25) is 4.34 Å². The van der Waals surface area contributed by atoms with Crippen molar-refractivity contribution in [2.75, 3.05) is 0 Å². The summed E-state index contributed by atoms with van der Waals surface area (Å²) in [7, 11) is 0. The molecule has 0 aliphatic carbocycles. The largest absolute Gasteiger partial charge is 0.293 e. The van der Waals surface area contributed by atoms with Gasteiger partial charge in [-0.05, 0) is 30.2 Å². The Kier molecular flexibility index (Phi) is 3.70. The molecule has 82 valence electrons. The Morgan fingerprint density at radius 1 is 1.38 bits per heavy atom. The zero-order valence-corrected chi connectivity index (χ0v) is 10.1. The number of hydrogen-bond acceptors (Lipinski definition) is 3. The third-order valence-electron chi connectivity index (χ3n) is 2.21. The Morgan fingerprint density at radius 3 is 2.88 bits per heavy atom. The Morgan fingerprint density at radius 2 is 2.25 bits per heavy atom. The van der Waals surface area contributed by atoms with Crippen LogP contribution in [0.1, 0.15) is 21.7 Å². The third kappa shape index (κ3) is 2.90. The highest BCUT2D eigenvalue weighted by Crippen LogP contribution is 2.22. The molecule has 0 atom stereocenters. The molecule has 0 radical (unpaired) electrons. The molecule has 0 amide bonds. The standard InChI is InChI=1S/C12H10ClNOS/c13-12-6-5-11(16-12)10(15)4-3-9-2-1-7-14-8-9/h1-2,5-8H,3-4H2. The number of pyridine rings is 1. The monoisotopic (exact) mass is 251 g/mol. The van der Waals surface area contributed by atoms with Crippen LogP contribution in [-0.4, -0.2) is 10.8 Å². The Balaban J connectivity index is 1.94.